The van der Waals surface area contributed by atoms with Crippen molar-refractivity contribution in [2.75, 3.05) is 20.0 Å². The number of ether oxygens (including phenoxy) is 4. The minimum Gasteiger partial charge on any atom is -0.454 e. The quantitative estimate of drug-likeness (QED) is 0.0422. The van der Waals surface area contributed by atoms with Crippen LogP contribution in [-0.2, 0) is 12.8 Å². The van der Waals surface area contributed by atoms with Crippen molar-refractivity contribution < 1.29 is 38.1 Å². The first kappa shape index (κ1) is 86.7. The molecule has 28 nitrogen and oxygen atoms in total. The number of rotatable bonds is 17. The molecule has 8 amide bonds. The number of carbonyl (C=O) groups excluding carboxylic acids is 4. The SMILES string of the molecule is C=C1NC(=O)N(c2cc(Cl)c(Oc3ccc4[nH]cc(C(C)C)c4c3)c(Cl)c2)N=C1C#N.C=C1NC(=O)N(c2cc(Cl)c(Oc3ccc4[nH]cc(CCC)c4c3)c(Cl)c2)N=C1C#N.C=C1NC(=O)N(c2cc(Cl)c(Oc3ccc4[nH]cc(Cc5ccccc5)c4c3)c(Cl)c2)N=C1C#N.C=C1NC(=O)N(c2cc(Cl)c(Oc3ccc4[nH]ccc4c3)c(Cl)c2)N=C1C#N. The predicted octanol–water partition coefficient (Wildman–Crippen LogP) is 24.4. The number of aromatic nitrogens is 4. The van der Waals surface area contributed by atoms with E-state index in [1.54, 1.807) is 6.07 Å². The highest BCUT2D eigenvalue weighted by molar-refractivity contribution is 6.40. The smallest absolute Gasteiger partial charge is 0.347 e. The van der Waals surface area contributed by atoms with Crippen molar-refractivity contribution in [1.29, 1.82) is 21.0 Å². The predicted molar refractivity (Wildman–Crippen MR) is 489 cm³/mol. The monoisotopic (exact) mass is 1820 g/mol. The van der Waals surface area contributed by atoms with Crippen LogP contribution in [0.4, 0.5) is 41.9 Å². The Morgan fingerprint density at radius 2 is 0.696 bits per heavy atom. The van der Waals surface area contributed by atoms with Gasteiger partial charge < -0.3 is 60.2 Å². The number of aryl methyl sites for hydroxylation is 1. The highest BCUT2D eigenvalue weighted by Gasteiger charge is 2.32. The lowest BCUT2D eigenvalue weighted by Crippen LogP contribution is -2.42. The Morgan fingerprint density at radius 1 is 0.384 bits per heavy atom. The Labute approximate surface area is 751 Å². The second-order valence-corrected chi connectivity index (χ2v) is 31.0. The van der Waals surface area contributed by atoms with Crippen LogP contribution in [0.3, 0.4) is 0 Å². The molecule has 4 aliphatic rings. The molecule has 0 radical (unpaired) electrons. The van der Waals surface area contributed by atoms with Gasteiger partial charge in [-0.05, 0) is 168 Å². The van der Waals surface area contributed by atoms with E-state index in [-0.39, 0.29) is 132 Å². The fourth-order valence-corrected chi connectivity index (χ4v) is 15.2. The molecule has 36 heteroatoms. The van der Waals surface area contributed by atoms with Crippen LogP contribution in [0, 0.1) is 45.3 Å². The van der Waals surface area contributed by atoms with Crippen molar-refractivity contribution in [2.45, 2.75) is 46.0 Å². The van der Waals surface area contributed by atoms with E-state index in [1.807, 2.05) is 140 Å². The maximum Gasteiger partial charge on any atom is 0.347 e. The van der Waals surface area contributed by atoms with Gasteiger partial charge in [-0.1, -0.05) is 177 Å². The number of benzene rings is 9. The Kier molecular flexibility index (Phi) is 25.9. The van der Waals surface area contributed by atoms with Gasteiger partial charge >= 0.3 is 24.1 Å². The number of hydrogen-bond donors (Lipinski definition) is 8. The van der Waals surface area contributed by atoms with Crippen molar-refractivity contribution in [2.24, 2.45) is 20.4 Å². The first-order chi connectivity index (χ1) is 60.1. The number of nitriles is 4. The number of hydrogen-bond acceptors (Lipinski definition) is 16. The number of nitrogens with one attached hydrogen (secondary N) is 8. The molecule has 0 atom stereocenters. The van der Waals surface area contributed by atoms with Gasteiger partial charge in [-0.25, -0.2) is 19.2 Å². The van der Waals surface area contributed by atoms with Crippen molar-refractivity contribution in [1.82, 2.24) is 41.2 Å². The molecular weight excluding hydrogens is 1760 g/mol. The van der Waals surface area contributed by atoms with Gasteiger partial charge in [0.15, 0.2) is 45.8 Å². The van der Waals surface area contributed by atoms with Crippen LogP contribution in [0.25, 0.3) is 43.6 Å². The third-order valence-electron chi connectivity index (χ3n) is 19.0. The van der Waals surface area contributed by atoms with Gasteiger partial charge in [0.05, 0.1) is 85.7 Å². The Balaban J connectivity index is 0.000000136. The van der Waals surface area contributed by atoms with E-state index >= 15 is 0 Å². The first-order valence-corrected chi connectivity index (χ1v) is 40.4. The molecule has 0 unspecified atom stereocenters. The number of fused-ring (bicyclic) bond motifs is 4. The first-order valence-electron chi connectivity index (χ1n) is 37.3. The molecule has 125 heavy (non-hydrogen) atoms. The zero-order valence-electron chi connectivity index (χ0n) is 65.5. The maximum absolute atomic E-state index is 12.3. The summed E-state index contributed by atoms with van der Waals surface area (Å²) in [5.74, 6) is 3.60. The van der Waals surface area contributed by atoms with Crippen LogP contribution in [0.2, 0.25) is 40.2 Å². The van der Waals surface area contributed by atoms with Gasteiger partial charge in [-0.15, -0.1) is 0 Å². The summed E-state index contributed by atoms with van der Waals surface area (Å²) in [5.41, 5.74) is 10.2. The molecule has 0 spiro atoms. The molecule has 0 bridgehead atoms. The number of aromatic amines is 4. The number of H-pyrrole nitrogens is 4. The van der Waals surface area contributed by atoms with Crippen LogP contribution >= 0.6 is 92.8 Å². The molecule has 8 N–H and O–H groups in total. The van der Waals surface area contributed by atoms with E-state index in [0.29, 0.717) is 28.9 Å². The lowest BCUT2D eigenvalue weighted by Gasteiger charge is -2.24. The number of halogens is 8. The largest absolute Gasteiger partial charge is 0.454 e. The van der Waals surface area contributed by atoms with E-state index in [9.17, 15) is 24.4 Å². The number of anilines is 4. The average molecular weight is 1820 g/mol. The zero-order chi connectivity index (χ0) is 88.8. The fourth-order valence-electron chi connectivity index (χ4n) is 13.0. The molecule has 17 rings (SSSR count). The van der Waals surface area contributed by atoms with Crippen molar-refractivity contribution >= 4 is 206 Å². The lowest BCUT2D eigenvalue weighted by molar-refractivity contribution is 0.247. The minimum absolute atomic E-state index is 0.0186. The molecule has 0 aliphatic carbocycles. The number of allylic oxidation sites excluding steroid dienone is 4. The Hall–Kier alpha value is -14.7. The number of urea groups is 4. The van der Waals surface area contributed by atoms with Gasteiger partial charge in [0.25, 0.3) is 0 Å². The van der Waals surface area contributed by atoms with E-state index in [2.05, 4.69) is 121 Å². The molecular formula is C89H62Cl8N20O8. The zero-order valence-corrected chi connectivity index (χ0v) is 71.6. The van der Waals surface area contributed by atoms with Gasteiger partial charge in [-0.2, -0.15) is 61.5 Å². The highest BCUT2D eigenvalue weighted by Crippen LogP contribution is 2.47. The summed E-state index contributed by atoms with van der Waals surface area (Å²) < 4.78 is 23.9. The Bertz CT molecular complexity index is 6910. The maximum atomic E-state index is 12.3. The molecule has 0 saturated heterocycles. The minimum atomic E-state index is -0.585. The lowest BCUT2D eigenvalue weighted by atomic mass is 10.0. The summed E-state index contributed by atoms with van der Waals surface area (Å²) in [6.07, 6.45) is 10.6. The van der Waals surface area contributed by atoms with Crippen molar-refractivity contribution in [3.8, 4) is 70.3 Å². The van der Waals surface area contributed by atoms with Crippen LogP contribution in [0.1, 0.15) is 55.4 Å². The highest BCUT2D eigenvalue weighted by atomic mass is 35.5. The summed E-state index contributed by atoms with van der Waals surface area (Å²) in [4.78, 5) is 62.0. The van der Waals surface area contributed by atoms with Crippen LogP contribution < -0.4 is 60.3 Å². The average Bonchev–Trinajstić information content (AvgIpc) is 1.74. The van der Waals surface area contributed by atoms with E-state index in [0.717, 1.165) is 88.5 Å². The van der Waals surface area contributed by atoms with Gasteiger partial charge in [0, 0.05) is 68.4 Å². The van der Waals surface area contributed by atoms with Crippen LogP contribution in [-0.4, -0.2) is 66.9 Å². The summed E-state index contributed by atoms with van der Waals surface area (Å²) in [6, 6.07) is 51.7. The summed E-state index contributed by atoms with van der Waals surface area (Å²) in [6.45, 7) is 20.7. The molecule has 13 aromatic rings. The normalized spacial score (nSPS) is 13.7. The number of amides is 8. The third kappa shape index (κ3) is 19.0. The molecule has 9 aromatic carbocycles. The van der Waals surface area contributed by atoms with Crippen molar-refractivity contribution in [3.63, 3.8) is 0 Å². The molecule has 4 aliphatic heterocycles. The summed E-state index contributed by atoms with van der Waals surface area (Å²) in [7, 11) is 0. The van der Waals surface area contributed by atoms with Gasteiger partial charge in [0.2, 0.25) is 0 Å². The van der Waals surface area contributed by atoms with Gasteiger partial charge in [-0.3, -0.25) is 0 Å². The van der Waals surface area contributed by atoms with Crippen molar-refractivity contribution in [3.05, 3.63) is 294 Å². The fraction of sp³-hybridized carbons (Fsp3) is 0.0787. The number of nitrogens with zero attached hydrogens (tertiary/aromatic N) is 12. The van der Waals surface area contributed by atoms with E-state index in [1.165, 1.54) is 65.2 Å². The molecule has 0 saturated carbocycles. The second kappa shape index (κ2) is 37.4. The topological polar surface area (TPSA) is 374 Å². The summed E-state index contributed by atoms with van der Waals surface area (Å²) in [5, 5.41) is 72.0. The molecule has 0 fully saturated rings. The number of carbonyl (C=O) groups is 4. The van der Waals surface area contributed by atoms with Crippen LogP contribution in [0.5, 0.6) is 46.0 Å². The van der Waals surface area contributed by atoms with Crippen LogP contribution in [0.15, 0.2) is 252 Å². The summed E-state index contributed by atoms with van der Waals surface area (Å²) >= 11 is 51.3. The third-order valence-corrected chi connectivity index (χ3v) is 21.3. The van der Waals surface area contributed by atoms with Gasteiger partial charge in [0.1, 0.15) is 47.3 Å². The molecule has 8 heterocycles. The molecule has 4 aromatic heterocycles. The number of hydrazone groups is 4. The van der Waals surface area contributed by atoms with E-state index in [4.69, 9.17) is 128 Å². The Morgan fingerprint density at radius 3 is 1.04 bits per heavy atom. The second-order valence-electron chi connectivity index (χ2n) is 27.8. The van der Waals surface area contributed by atoms with E-state index < -0.39 is 24.1 Å². The molecule has 622 valence electrons. The standard InChI is InChI=1S/C26H17Cl2N5O2.2C22H17Cl2N5O2.C19H11Cl2N5O2/c1-15-24(13-29)32-33(26(34)31-15)18-10-21(27)25(22(28)11-18)35-19-7-8-23-20(12-19)17(14-30-23)9-16-5-3-2-4-6-16;1-11(2)16-10-26-19-5-4-14(8-15(16)19)31-21-17(23)6-13(7-18(21)24)29-22(30)27-12(3)20(9-25)28-29;1-3-4-13-11-26-19-6-5-15(9-16(13)19)31-21-17(23)7-14(8-18(21)24)29-22(30)27-12(2)20(10-25)28-29;1-10-17(9-22)25-26(19(27)24-10)12-7-14(20)18(15(21)8-12)28-13-2-3-16-11(6-13)4-5-23-16/h2-8,10-12,14,30H,1,9H2,(H,31,34);4-8,10-11,26H,3H2,1-2H3,(H,27,30);5-9,11,26H,2-4H2,1H3,(H,27,30);2-8,23H,1H2,(H,24,27).